The van der Waals surface area contributed by atoms with Gasteiger partial charge in [-0.15, -0.1) is 0 Å². The summed E-state index contributed by atoms with van der Waals surface area (Å²) in [5, 5.41) is 16.2. The second kappa shape index (κ2) is 4.97. The van der Waals surface area contributed by atoms with Crippen molar-refractivity contribution >= 4 is 44.8 Å². The van der Waals surface area contributed by atoms with Crippen molar-refractivity contribution in [3.63, 3.8) is 0 Å². The van der Waals surface area contributed by atoms with Gasteiger partial charge in [0.25, 0.3) is 0 Å². The molecular formula is C18H13ClN2O. The van der Waals surface area contributed by atoms with Gasteiger partial charge in [0, 0.05) is 38.8 Å². The average molecular weight is 309 g/mol. The van der Waals surface area contributed by atoms with Gasteiger partial charge in [0.15, 0.2) is 0 Å². The molecule has 108 valence electrons. The Kier molecular flexibility index (Phi) is 2.94. The Hall–Kier alpha value is -2.65. The summed E-state index contributed by atoms with van der Waals surface area (Å²) in [6.07, 6.45) is 0. The van der Waals surface area contributed by atoms with Gasteiger partial charge in [-0.25, -0.2) is 0 Å². The number of hydrogen-bond donors (Lipinski definition) is 3. The number of anilines is 2. The standard InChI is InChI=1S/C18H13ClN2O/c19-11-6-7-16-14(8-11)15-9-13(10-17(22)18(15)21-16)20-12-4-2-1-3-5-12/h1-10,20-22H. The van der Waals surface area contributed by atoms with Gasteiger partial charge in [0.05, 0.1) is 5.52 Å². The van der Waals surface area contributed by atoms with Gasteiger partial charge >= 0.3 is 0 Å². The molecule has 0 fully saturated rings. The number of phenols is 1. The highest BCUT2D eigenvalue weighted by molar-refractivity contribution is 6.32. The molecule has 0 unspecified atom stereocenters. The zero-order valence-electron chi connectivity index (χ0n) is 11.6. The fourth-order valence-electron chi connectivity index (χ4n) is 2.71. The lowest BCUT2D eigenvalue weighted by Gasteiger charge is -2.07. The van der Waals surface area contributed by atoms with Crippen LogP contribution in [0.2, 0.25) is 5.02 Å². The Bertz CT molecular complexity index is 977. The lowest BCUT2D eigenvalue weighted by Crippen LogP contribution is -1.89. The maximum absolute atomic E-state index is 10.3. The number of H-pyrrole nitrogens is 1. The number of fused-ring (bicyclic) bond motifs is 3. The minimum Gasteiger partial charge on any atom is -0.506 e. The molecule has 4 heteroatoms. The number of benzene rings is 3. The zero-order chi connectivity index (χ0) is 15.1. The number of halogens is 1. The maximum Gasteiger partial charge on any atom is 0.141 e. The number of hydrogen-bond acceptors (Lipinski definition) is 2. The van der Waals surface area contributed by atoms with Gasteiger partial charge in [0.2, 0.25) is 0 Å². The molecule has 0 saturated heterocycles. The third-order valence-corrected chi connectivity index (χ3v) is 3.95. The Labute approximate surface area is 132 Å². The van der Waals surface area contributed by atoms with Gasteiger partial charge in [-0.1, -0.05) is 29.8 Å². The smallest absolute Gasteiger partial charge is 0.141 e. The van der Waals surface area contributed by atoms with E-state index in [-0.39, 0.29) is 5.75 Å². The van der Waals surface area contributed by atoms with Gasteiger partial charge in [-0.2, -0.15) is 0 Å². The second-order valence-corrected chi connectivity index (χ2v) is 5.66. The van der Waals surface area contributed by atoms with E-state index in [0.29, 0.717) is 5.02 Å². The van der Waals surface area contributed by atoms with E-state index in [1.54, 1.807) is 6.07 Å². The quantitative estimate of drug-likeness (QED) is 0.463. The maximum atomic E-state index is 10.3. The van der Waals surface area contributed by atoms with E-state index < -0.39 is 0 Å². The topological polar surface area (TPSA) is 48.0 Å². The van der Waals surface area contributed by atoms with Gasteiger partial charge in [-0.05, 0) is 36.4 Å². The van der Waals surface area contributed by atoms with Crippen LogP contribution in [0.15, 0.2) is 60.7 Å². The minimum absolute atomic E-state index is 0.211. The Morgan fingerprint density at radius 2 is 1.68 bits per heavy atom. The summed E-state index contributed by atoms with van der Waals surface area (Å²) in [4.78, 5) is 3.23. The van der Waals surface area contributed by atoms with E-state index in [2.05, 4.69) is 10.3 Å². The lowest BCUT2D eigenvalue weighted by atomic mass is 10.1. The van der Waals surface area contributed by atoms with Crippen molar-refractivity contribution in [2.75, 3.05) is 5.32 Å². The number of nitrogens with one attached hydrogen (secondary N) is 2. The number of aromatic hydroxyl groups is 1. The van der Waals surface area contributed by atoms with E-state index in [0.717, 1.165) is 33.2 Å². The zero-order valence-corrected chi connectivity index (χ0v) is 12.4. The molecule has 0 bridgehead atoms. The van der Waals surface area contributed by atoms with Crippen LogP contribution >= 0.6 is 11.6 Å². The first-order valence-electron chi connectivity index (χ1n) is 6.97. The van der Waals surface area contributed by atoms with Crippen molar-refractivity contribution in [3.05, 3.63) is 65.7 Å². The summed E-state index contributed by atoms with van der Waals surface area (Å²) in [6.45, 7) is 0. The summed E-state index contributed by atoms with van der Waals surface area (Å²) < 4.78 is 0. The van der Waals surface area contributed by atoms with E-state index >= 15 is 0 Å². The van der Waals surface area contributed by atoms with Gasteiger partial charge in [-0.3, -0.25) is 0 Å². The molecule has 0 aliphatic heterocycles. The number of aromatic amines is 1. The van der Waals surface area contributed by atoms with Crippen LogP contribution in [0.5, 0.6) is 5.75 Å². The number of rotatable bonds is 2. The normalized spacial score (nSPS) is 11.1. The molecule has 0 amide bonds. The molecule has 22 heavy (non-hydrogen) atoms. The fourth-order valence-corrected chi connectivity index (χ4v) is 2.89. The van der Waals surface area contributed by atoms with Crippen LogP contribution in [-0.4, -0.2) is 10.1 Å². The number of phenolic OH excluding ortho intramolecular Hbond substituents is 1. The van der Waals surface area contributed by atoms with Crippen LogP contribution in [0.25, 0.3) is 21.8 Å². The highest BCUT2D eigenvalue weighted by Gasteiger charge is 2.10. The van der Waals surface area contributed by atoms with E-state index in [1.807, 2.05) is 54.6 Å². The SMILES string of the molecule is Oc1cc(Nc2ccccc2)cc2c1[nH]c1ccc(Cl)cc12. The molecule has 3 N–H and O–H groups in total. The molecule has 3 aromatic carbocycles. The van der Waals surface area contributed by atoms with Crippen LogP contribution in [0.4, 0.5) is 11.4 Å². The molecule has 0 aliphatic carbocycles. The minimum atomic E-state index is 0.211. The molecule has 4 aromatic rings. The van der Waals surface area contributed by atoms with Crippen molar-refractivity contribution in [1.82, 2.24) is 4.98 Å². The Morgan fingerprint density at radius 1 is 0.864 bits per heavy atom. The predicted molar refractivity (Wildman–Crippen MR) is 92.2 cm³/mol. The molecule has 1 heterocycles. The fraction of sp³-hybridized carbons (Fsp3) is 0. The van der Waals surface area contributed by atoms with E-state index in [4.69, 9.17) is 11.6 Å². The van der Waals surface area contributed by atoms with E-state index in [9.17, 15) is 5.11 Å². The van der Waals surface area contributed by atoms with Crippen molar-refractivity contribution < 1.29 is 5.11 Å². The molecule has 0 atom stereocenters. The second-order valence-electron chi connectivity index (χ2n) is 5.22. The van der Waals surface area contributed by atoms with Crippen molar-refractivity contribution in [3.8, 4) is 5.75 Å². The average Bonchev–Trinajstić information content (AvgIpc) is 2.87. The third-order valence-electron chi connectivity index (χ3n) is 3.71. The monoisotopic (exact) mass is 308 g/mol. The first-order valence-corrected chi connectivity index (χ1v) is 7.34. The van der Waals surface area contributed by atoms with Gasteiger partial charge in [0.1, 0.15) is 5.75 Å². The highest BCUT2D eigenvalue weighted by Crippen LogP contribution is 2.36. The molecule has 3 nitrogen and oxygen atoms in total. The molecule has 0 saturated carbocycles. The molecule has 4 rings (SSSR count). The Balaban J connectivity index is 1.90. The van der Waals surface area contributed by atoms with Crippen LogP contribution in [0.1, 0.15) is 0 Å². The highest BCUT2D eigenvalue weighted by atomic mass is 35.5. The molecule has 0 aliphatic rings. The first kappa shape index (κ1) is 13.0. The lowest BCUT2D eigenvalue weighted by molar-refractivity contribution is 0.481. The summed E-state index contributed by atoms with van der Waals surface area (Å²) in [7, 11) is 0. The van der Waals surface area contributed by atoms with Crippen LogP contribution < -0.4 is 5.32 Å². The number of aromatic nitrogens is 1. The summed E-state index contributed by atoms with van der Waals surface area (Å²) >= 11 is 6.09. The van der Waals surface area contributed by atoms with Crippen LogP contribution in [0.3, 0.4) is 0 Å². The molecular weight excluding hydrogens is 296 g/mol. The third kappa shape index (κ3) is 2.16. The predicted octanol–water partition coefficient (Wildman–Crippen LogP) is 5.42. The molecule has 0 spiro atoms. The number of para-hydroxylation sites is 1. The summed E-state index contributed by atoms with van der Waals surface area (Å²) in [5.41, 5.74) is 3.47. The summed E-state index contributed by atoms with van der Waals surface area (Å²) in [5.74, 6) is 0.211. The first-order chi connectivity index (χ1) is 10.7. The molecule has 1 aromatic heterocycles. The van der Waals surface area contributed by atoms with Crippen molar-refractivity contribution in [2.45, 2.75) is 0 Å². The largest absolute Gasteiger partial charge is 0.506 e. The van der Waals surface area contributed by atoms with Crippen LogP contribution in [-0.2, 0) is 0 Å². The van der Waals surface area contributed by atoms with Crippen molar-refractivity contribution in [2.24, 2.45) is 0 Å². The molecule has 0 radical (unpaired) electrons. The van der Waals surface area contributed by atoms with Gasteiger partial charge < -0.3 is 15.4 Å². The van der Waals surface area contributed by atoms with E-state index in [1.165, 1.54) is 0 Å². The Morgan fingerprint density at radius 3 is 2.50 bits per heavy atom. The van der Waals surface area contributed by atoms with Crippen molar-refractivity contribution in [1.29, 1.82) is 0 Å². The summed E-state index contributed by atoms with van der Waals surface area (Å²) in [6, 6.07) is 19.2. The van der Waals surface area contributed by atoms with Crippen LogP contribution in [0, 0.1) is 0 Å².